The van der Waals surface area contributed by atoms with Crippen molar-refractivity contribution >= 4 is 39.0 Å². The number of nitrogens with one attached hydrogen (secondary N) is 3. The first kappa shape index (κ1) is 13.5. The van der Waals surface area contributed by atoms with Crippen molar-refractivity contribution in [3.8, 4) is 0 Å². The van der Waals surface area contributed by atoms with Gasteiger partial charge in [0.25, 0.3) is 5.56 Å². The lowest BCUT2D eigenvalue weighted by molar-refractivity contribution is 0.897. The van der Waals surface area contributed by atoms with Crippen LogP contribution >= 0.6 is 15.9 Å². The van der Waals surface area contributed by atoms with E-state index in [1.165, 1.54) is 0 Å². The summed E-state index contributed by atoms with van der Waals surface area (Å²) < 4.78 is 0.992. The molecule has 7 nitrogen and oxygen atoms in total. The largest absolute Gasteiger partial charge is 0.361 e. The second kappa shape index (κ2) is 5.49. The molecule has 0 saturated heterocycles. The highest BCUT2D eigenvalue weighted by Gasteiger charge is 2.02. The van der Waals surface area contributed by atoms with E-state index in [1.807, 2.05) is 24.4 Å². The van der Waals surface area contributed by atoms with Crippen LogP contribution in [0.25, 0.3) is 10.9 Å². The van der Waals surface area contributed by atoms with E-state index < -0.39 is 0 Å². The summed E-state index contributed by atoms with van der Waals surface area (Å²) in [5.41, 5.74) is 4.60. The van der Waals surface area contributed by atoms with Crippen molar-refractivity contribution in [2.24, 2.45) is 5.10 Å². The number of hydrogen-bond donors (Lipinski definition) is 3. The maximum atomic E-state index is 11.4. The van der Waals surface area contributed by atoms with Crippen LogP contribution < -0.4 is 11.0 Å². The van der Waals surface area contributed by atoms with Crippen LogP contribution in [0.5, 0.6) is 0 Å². The Labute approximate surface area is 127 Å². The molecule has 0 unspecified atom stereocenters. The monoisotopic (exact) mass is 346 g/mol. The van der Waals surface area contributed by atoms with E-state index in [0.717, 1.165) is 20.9 Å². The van der Waals surface area contributed by atoms with Gasteiger partial charge in [0.05, 0.1) is 6.21 Å². The molecule has 0 fully saturated rings. The second-order valence-corrected chi connectivity index (χ2v) is 5.31. The fourth-order valence-electron chi connectivity index (χ4n) is 1.83. The molecule has 1 aromatic carbocycles. The average molecular weight is 347 g/mol. The average Bonchev–Trinajstić information content (AvgIpc) is 2.85. The molecule has 0 aliphatic carbocycles. The molecule has 0 bridgehead atoms. The van der Waals surface area contributed by atoms with E-state index in [9.17, 15) is 4.79 Å². The summed E-state index contributed by atoms with van der Waals surface area (Å²) in [6.45, 7) is 1.59. The molecule has 0 aliphatic heterocycles. The minimum atomic E-state index is -0.293. The molecule has 2 heterocycles. The lowest BCUT2D eigenvalue weighted by Gasteiger charge is -1.97. The molecule has 0 amide bonds. The van der Waals surface area contributed by atoms with Gasteiger partial charge in [-0.25, -0.2) is 5.43 Å². The number of nitrogens with zero attached hydrogens (tertiary/aromatic N) is 3. The van der Waals surface area contributed by atoms with E-state index in [1.54, 1.807) is 13.1 Å². The third-order valence-electron chi connectivity index (χ3n) is 2.91. The summed E-state index contributed by atoms with van der Waals surface area (Å²) in [5, 5.41) is 12.6. The van der Waals surface area contributed by atoms with Crippen molar-refractivity contribution < 1.29 is 0 Å². The minimum absolute atomic E-state index is 0.197. The molecule has 0 atom stereocenters. The number of benzene rings is 1. The molecule has 0 saturated carbocycles. The SMILES string of the molecule is Cc1nnc(N/N=C/c2c[nH]c3ccc(Br)cc23)[nH]c1=O. The number of H-pyrrole nitrogens is 2. The number of hydrogen-bond acceptors (Lipinski definition) is 5. The molecule has 21 heavy (non-hydrogen) atoms. The number of rotatable bonds is 3. The van der Waals surface area contributed by atoms with Gasteiger partial charge in [-0.05, 0) is 25.1 Å². The van der Waals surface area contributed by atoms with E-state index >= 15 is 0 Å². The van der Waals surface area contributed by atoms with Gasteiger partial charge in [-0.3, -0.25) is 9.78 Å². The number of hydrazone groups is 1. The second-order valence-electron chi connectivity index (χ2n) is 4.39. The summed E-state index contributed by atoms with van der Waals surface area (Å²) in [5.74, 6) is 0.197. The first-order valence-corrected chi connectivity index (χ1v) is 6.92. The van der Waals surface area contributed by atoms with Crippen molar-refractivity contribution in [3.63, 3.8) is 0 Å². The van der Waals surface area contributed by atoms with Crippen molar-refractivity contribution in [3.05, 3.63) is 50.5 Å². The molecule has 0 aliphatic rings. The Morgan fingerprint density at radius 1 is 1.38 bits per heavy atom. The summed E-state index contributed by atoms with van der Waals surface area (Å²) in [4.78, 5) is 17.1. The maximum Gasteiger partial charge on any atom is 0.274 e. The topological polar surface area (TPSA) is 98.8 Å². The van der Waals surface area contributed by atoms with Crippen molar-refractivity contribution in [2.75, 3.05) is 5.43 Å². The normalized spacial score (nSPS) is 11.3. The van der Waals surface area contributed by atoms with Gasteiger partial charge in [0.15, 0.2) is 0 Å². The van der Waals surface area contributed by atoms with Crippen LogP contribution in [0.3, 0.4) is 0 Å². The first-order chi connectivity index (χ1) is 10.1. The first-order valence-electron chi connectivity index (χ1n) is 6.13. The number of aromatic nitrogens is 4. The van der Waals surface area contributed by atoms with E-state index in [-0.39, 0.29) is 11.5 Å². The third-order valence-corrected chi connectivity index (χ3v) is 3.40. The highest BCUT2D eigenvalue weighted by Crippen LogP contribution is 2.21. The van der Waals surface area contributed by atoms with Gasteiger partial charge in [-0.2, -0.15) is 5.10 Å². The number of aryl methyl sites for hydroxylation is 1. The molecule has 3 N–H and O–H groups in total. The number of anilines is 1. The highest BCUT2D eigenvalue weighted by molar-refractivity contribution is 9.10. The smallest absolute Gasteiger partial charge is 0.274 e. The summed E-state index contributed by atoms with van der Waals surface area (Å²) >= 11 is 3.44. The van der Waals surface area contributed by atoms with E-state index in [2.05, 4.69) is 46.6 Å². The Morgan fingerprint density at radius 3 is 3.05 bits per heavy atom. The lowest BCUT2D eigenvalue weighted by Crippen LogP contribution is -2.15. The lowest BCUT2D eigenvalue weighted by atomic mass is 10.2. The molecule has 3 aromatic rings. The Balaban J connectivity index is 1.83. The molecular weight excluding hydrogens is 336 g/mol. The molecule has 8 heteroatoms. The molecule has 106 valence electrons. The quantitative estimate of drug-likeness (QED) is 0.499. The fraction of sp³-hybridized carbons (Fsp3) is 0.0769. The van der Waals surface area contributed by atoms with Crippen LogP contribution in [0.1, 0.15) is 11.3 Å². The third kappa shape index (κ3) is 2.84. The molecule has 2 aromatic heterocycles. The van der Waals surface area contributed by atoms with Gasteiger partial charge in [0.1, 0.15) is 5.69 Å². The van der Waals surface area contributed by atoms with Gasteiger partial charge >= 0.3 is 0 Å². The Morgan fingerprint density at radius 2 is 2.24 bits per heavy atom. The predicted molar refractivity (Wildman–Crippen MR) is 84.6 cm³/mol. The molecule has 0 radical (unpaired) electrons. The maximum absolute atomic E-state index is 11.4. The summed E-state index contributed by atoms with van der Waals surface area (Å²) in [7, 11) is 0. The van der Waals surface area contributed by atoms with Crippen molar-refractivity contribution in [2.45, 2.75) is 6.92 Å². The van der Waals surface area contributed by atoms with Gasteiger partial charge < -0.3 is 4.98 Å². The summed E-state index contributed by atoms with van der Waals surface area (Å²) in [6.07, 6.45) is 3.50. The van der Waals surface area contributed by atoms with E-state index in [4.69, 9.17) is 0 Å². The zero-order valence-corrected chi connectivity index (χ0v) is 12.6. The van der Waals surface area contributed by atoms with Crippen LogP contribution in [0.2, 0.25) is 0 Å². The highest BCUT2D eigenvalue weighted by atomic mass is 79.9. The van der Waals surface area contributed by atoms with Crippen molar-refractivity contribution in [1.82, 2.24) is 20.2 Å². The van der Waals surface area contributed by atoms with Crippen molar-refractivity contribution in [1.29, 1.82) is 0 Å². The zero-order chi connectivity index (χ0) is 14.8. The number of aromatic amines is 2. The van der Waals surface area contributed by atoms with Gasteiger partial charge in [-0.15, -0.1) is 10.2 Å². The van der Waals surface area contributed by atoms with Crippen LogP contribution in [0.4, 0.5) is 5.95 Å². The van der Waals surface area contributed by atoms with Crippen LogP contribution in [-0.2, 0) is 0 Å². The van der Waals surface area contributed by atoms with Gasteiger partial charge in [0.2, 0.25) is 5.95 Å². The Hall–Kier alpha value is -2.48. The van der Waals surface area contributed by atoms with Crippen LogP contribution in [-0.4, -0.2) is 26.4 Å². The fourth-order valence-corrected chi connectivity index (χ4v) is 2.19. The molecular formula is C13H11BrN6O. The Kier molecular flexibility index (Phi) is 3.53. The summed E-state index contributed by atoms with van der Waals surface area (Å²) in [6, 6.07) is 5.94. The number of fused-ring (bicyclic) bond motifs is 1. The van der Waals surface area contributed by atoms with Crippen LogP contribution in [0.15, 0.2) is 38.8 Å². The van der Waals surface area contributed by atoms with Gasteiger partial charge in [0, 0.05) is 27.1 Å². The van der Waals surface area contributed by atoms with E-state index in [0.29, 0.717) is 5.69 Å². The van der Waals surface area contributed by atoms with Gasteiger partial charge in [-0.1, -0.05) is 15.9 Å². The molecule has 0 spiro atoms. The Bertz CT molecular complexity index is 882. The van der Waals surface area contributed by atoms with Crippen LogP contribution in [0, 0.1) is 6.92 Å². The standard InChI is InChI=1S/C13H11BrN6O/c1-7-12(21)17-13(20-18-7)19-16-6-8-5-15-11-3-2-9(14)4-10(8)11/h2-6,15H,1H3,(H2,17,19,20,21)/b16-6+. The zero-order valence-electron chi connectivity index (χ0n) is 11.0. The minimum Gasteiger partial charge on any atom is -0.361 e. The number of halogens is 1. The molecule has 3 rings (SSSR count). The predicted octanol–water partition coefficient (Wildman–Crippen LogP) is 2.16.